The summed E-state index contributed by atoms with van der Waals surface area (Å²) in [6, 6.07) is -0.539. The second kappa shape index (κ2) is 75.8. The van der Waals surface area contributed by atoms with Crippen molar-refractivity contribution >= 4 is 11.9 Å². The molecule has 6 nitrogen and oxygen atoms in total. The van der Waals surface area contributed by atoms with Crippen LogP contribution in [0.4, 0.5) is 0 Å². The Kier molecular flexibility index (Phi) is 74.3. The summed E-state index contributed by atoms with van der Waals surface area (Å²) in [5.74, 6) is -0.00854. The lowest BCUT2D eigenvalue weighted by molar-refractivity contribution is -0.143. The third-order valence-electron chi connectivity index (χ3n) is 18.8. The Balaban J connectivity index is 3.32. The first-order valence-corrected chi connectivity index (χ1v) is 39.6. The number of hydrogen-bond donors (Lipinski definition) is 3. The van der Waals surface area contributed by atoms with E-state index in [0.29, 0.717) is 25.9 Å². The number of aliphatic hydroxyl groups is 2. The zero-order valence-electron chi connectivity index (χ0n) is 58.6. The molecule has 0 saturated carbocycles. The van der Waals surface area contributed by atoms with Crippen molar-refractivity contribution in [3.63, 3.8) is 0 Å². The maximum Gasteiger partial charge on any atom is 0.305 e. The van der Waals surface area contributed by atoms with Gasteiger partial charge < -0.3 is 20.3 Å². The van der Waals surface area contributed by atoms with Gasteiger partial charge in [0.15, 0.2) is 0 Å². The zero-order chi connectivity index (χ0) is 62.0. The summed E-state index contributed by atoms with van der Waals surface area (Å²) in [7, 11) is 0. The van der Waals surface area contributed by atoms with E-state index >= 15 is 0 Å². The number of allylic oxidation sites excluding steroid dienone is 4. The number of ether oxygens (including phenoxy) is 1. The van der Waals surface area contributed by atoms with E-state index in [1.165, 1.54) is 366 Å². The summed E-state index contributed by atoms with van der Waals surface area (Å²) in [5.41, 5.74) is 0. The summed E-state index contributed by atoms with van der Waals surface area (Å²) < 4.78 is 5.52. The van der Waals surface area contributed by atoms with Gasteiger partial charge in [0, 0.05) is 12.8 Å². The molecule has 0 bridgehead atoms. The van der Waals surface area contributed by atoms with Gasteiger partial charge in [0.25, 0.3) is 0 Å². The maximum absolute atomic E-state index is 12.6. The van der Waals surface area contributed by atoms with Crippen molar-refractivity contribution in [2.45, 2.75) is 463 Å². The average molecular weight is 1210 g/mol. The number of carbonyl (C=O) groups is 2. The minimum Gasteiger partial charge on any atom is -0.466 e. The largest absolute Gasteiger partial charge is 0.466 e. The Hall–Kier alpha value is -1.66. The molecule has 0 aliphatic rings. The first-order chi connectivity index (χ1) is 42.5. The van der Waals surface area contributed by atoms with Crippen LogP contribution in [-0.2, 0) is 14.3 Å². The van der Waals surface area contributed by atoms with Crippen LogP contribution in [0.1, 0.15) is 450 Å². The number of nitrogens with one attached hydrogen (secondary N) is 1. The lowest BCUT2D eigenvalue weighted by Gasteiger charge is -2.22. The predicted molar refractivity (Wildman–Crippen MR) is 380 cm³/mol. The lowest BCUT2D eigenvalue weighted by Crippen LogP contribution is -2.45. The minimum atomic E-state index is -0.662. The standard InChI is InChI=1S/C80H155NO5/c1-3-5-7-9-11-13-15-17-19-21-23-37-40-44-48-52-56-60-64-68-72-78(83)77(76-82)81-79(84)73-69-65-61-57-53-49-45-41-38-34-32-30-28-26-24-25-27-29-31-33-35-39-43-47-51-55-59-63-67-71-75-86-80(85)74-70-66-62-58-54-50-46-42-36-22-20-18-16-14-12-10-8-6-4-2/h12,14,18,20,77-78,82-83H,3-11,13,15-17,19,21-76H2,1-2H3,(H,81,84)/b14-12-,20-18-. The van der Waals surface area contributed by atoms with Gasteiger partial charge in [0.1, 0.15) is 0 Å². The molecule has 6 heteroatoms. The Labute approximate surface area is 539 Å². The maximum atomic E-state index is 12.6. The van der Waals surface area contributed by atoms with Gasteiger partial charge in [-0.3, -0.25) is 9.59 Å². The molecule has 3 N–H and O–H groups in total. The summed E-state index contributed by atoms with van der Waals surface area (Å²) >= 11 is 0. The Morgan fingerprint density at radius 1 is 0.326 bits per heavy atom. The van der Waals surface area contributed by atoms with Gasteiger partial charge in [0.05, 0.1) is 25.4 Å². The van der Waals surface area contributed by atoms with Crippen LogP contribution in [-0.4, -0.2) is 47.4 Å². The van der Waals surface area contributed by atoms with Gasteiger partial charge in [-0.15, -0.1) is 0 Å². The van der Waals surface area contributed by atoms with E-state index in [1.807, 2.05) is 0 Å². The van der Waals surface area contributed by atoms with Gasteiger partial charge in [-0.05, 0) is 57.8 Å². The second-order valence-corrected chi connectivity index (χ2v) is 27.4. The number of hydrogen-bond acceptors (Lipinski definition) is 5. The molecule has 0 rings (SSSR count). The molecule has 510 valence electrons. The normalized spacial score (nSPS) is 12.6. The van der Waals surface area contributed by atoms with Crippen molar-refractivity contribution in [2.75, 3.05) is 13.2 Å². The van der Waals surface area contributed by atoms with E-state index in [-0.39, 0.29) is 18.5 Å². The van der Waals surface area contributed by atoms with Crippen molar-refractivity contribution in [2.24, 2.45) is 0 Å². The molecule has 0 radical (unpaired) electrons. The Morgan fingerprint density at radius 2 is 0.581 bits per heavy atom. The van der Waals surface area contributed by atoms with E-state index in [0.717, 1.165) is 51.4 Å². The number of unbranched alkanes of at least 4 members (excludes halogenated alkanes) is 60. The quantitative estimate of drug-likeness (QED) is 0.0320. The third-order valence-corrected chi connectivity index (χ3v) is 18.8. The molecule has 0 spiro atoms. The lowest BCUT2D eigenvalue weighted by atomic mass is 10.0. The van der Waals surface area contributed by atoms with E-state index in [2.05, 4.69) is 43.5 Å². The number of amides is 1. The summed E-state index contributed by atoms with van der Waals surface area (Å²) in [6.45, 7) is 4.98. The first-order valence-electron chi connectivity index (χ1n) is 39.6. The molecule has 1 amide bonds. The van der Waals surface area contributed by atoms with Crippen LogP contribution in [0.15, 0.2) is 24.3 Å². The second-order valence-electron chi connectivity index (χ2n) is 27.4. The van der Waals surface area contributed by atoms with Crippen LogP contribution in [0.2, 0.25) is 0 Å². The molecule has 0 aromatic heterocycles. The zero-order valence-corrected chi connectivity index (χ0v) is 58.6. The van der Waals surface area contributed by atoms with Crippen LogP contribution in [0, 0.1) is 0 Å². The molecule has 2 atom stereocenters. The van der Waals surface area contributed by atoms with Crippen LogP contribution in [0.3, 0.4) is 0 Å². The van der Waals surface area contributed by atoms with Crippen molar-refractivity contribution in [1.82, 2.24) is 5.32 Å². The molecular formula is C80H155NO5. The third kappa shape index (κ3) is 71.4. The number of aliphatic hydroxyl groups excluding tert-OH is 2. The van der Waals surface area contributed by atoms with E-state index in [4.69, 9.17) is 4.74 Å². The van der Waals surface area contributed by atoms with Crippen molar-refractivity contribution in [1.29, 1.82) is 0 Å². The van der Waals surface area contributed by atoms with E-state index < -0.39 is 12.1 Å². The number of esters is 1. The SMILES string of the molecule is CCCCC/C=C\C/C=C\CCCCCCCCCCCC(=O)OCCCCCCCCCCCCCCCCCCCCCCCCCCCCCCCCC(=O)NC(CO)C(O)CCCCCCCCCCCCCCCCCCCCCC. The van der Waals surface area contributed by atoms with Crippen molar-refractivity contribution in [3.05, 3.63) is 24.3 Å². The fraction of sp³-hybridized carbons (Fsp3) is 0.925. The fourth-order valence-corrected chi connectivity index (χ4v) is 12.7. The van der Waals surface area contributed by atoms with Crippen LogP contribution in [0.25, 0.3) is 0 Å². The summed E-state index contributed by atoms with van der Waals surface area (Å²) in [6.07, 6.45) is 96.9. The predicted octanol–water partition coefficient (Wildman–Crippen LogP) is 26.0. The van der Waals surface area contributed by atoms with Gasteiger partial charge >= 0.3 is 5.97 Å². The van der Waals surface area contributed by atoms with Gasteiger partial charge in [-0.25, -0.2) is 0 Å². The molecule has 0 aliphatic heterocycles. The van der Waals surface area contributed by atoms with Crippen LogP contribution in [0.5, 0.6) is 0 Å². The van der Waals surface area contributed by atoms with Crippen molar-refractivity contribution in [3.8, 4) is 0 Å². The van der Waals surface area contributed by atoms with Crippen LogP contribution >= 0.6 is 0 Å². The Morgan fingerprint density at radius 3 is 0.907 bits per heavy atom. The Bertz CT molecular complexity index is 1350. The first kappa shape index (κ1) is 84.3. The van der Waals surface area contributed by atoms with E-state index in [9.17, 15) is 19.8 Å². The summed E-state index contributed by atoms with van der Waals surface area (Å²) in [5, 5.41) is 23.4. The average Bonchev–Trinajstić information content (AvgIpc) is 3.54. The molecule has 86 heavy (non-hydrogen) atoms. The topological polar surface area (TPSA) is 95.9 Å². The highest BCUT2D eigenvalue weighted by Gasteiger charge is 2.20. The highest BCUT2D eigenvalue weighted by molar-refractivity contribution is 5.76. The highest BCUT2D eigenvalue weighted by atomic mass is 16.5. The van der Waals surface area contributed by atoms with Crippen molar-refractivity contribution < 1.29 is 24.5 Å². The summed E-state index contributed by atoms with van der Waals surface area (Å²) in [4.78, 5) is 24.7. The monoisotopic (exact) mass is 1210 g/mol. The fourth-order valence-electron chi connectivity index (χ4n) is 12.7. The van der Waals surface area contributed by atoms with Crippen LogP contribution < -0.4 is 5.32 Å². The molecule has 0 heterocycles. The molecule has 0 fully saturated rings. The minimum absolute atomic E-state index is 0.0174. The molecular weight excluding hydrogens is 1050 g/mol. The van der Waals surface area contributed by atoms with Gasteiger partial charge in [0.2, 0.25) is 5.91 Å². The van der Waals surface area contributed by atoms with Gasteiger partial charge in [-0.1, -0.05) is 404 Å². The molecule has 0 aromatic carbocycles. The van der Waals surface area contributed by atoms with Gasteiger partial charge in [-0.2, -0.15) is 0 Å². The molecule has 0 saturated heterocycles. The smallest absolute Gasteiger partial charge is 0.305 e. The highest BCUT2D eigenvalue weighted by Crippen LogP contribution is 2.20. The van der Waals surface area contributed by atoms with E-state index in [1.54, 1.807) is 0 Å². The molecule has 0 aliphatic carbocycles. The molecule has 0 aromatic rings. The number of carbonyl (C=O) groups excluding carboxylic acids is 2. The molecule has 2 unspecified atom stereocenters. The number of rotatable bonds is 75.